The molecule has 1 fully saturated rings. The van der Waals surface area contributed by atoms with E-state index in [1.807, 2.05) is 13.8 Å². The van der Waals surface area contributed by atoms with E-state index in [9.17, 15) is 22.4 Å². The zero-order chi connectivity index (χ0) is 20.0. The molecule has 0 radical (unpaired) electrons. The molecule has 0 atom stereocenters. The molecule has 0 aromatic heterocycles. The number of nitrogens with one attached hydrogen (secondary N) is 3. The number of benzene rings is 1. The largest absolute Gasteiger partial charge is 0.352 e. The summed E-state index contributed by atoms with van der Waals surface area (Å²) in [5.41, 5.74) is 0. The number of quaternary nitrogens is 1. The molecule has 0 unspecified atom stereocenters. The number of halogens is 1. The van der Waals surface area contributed by atoms with Crippen molar-refractivity contribution in [3.05, 3.63) is 30.1 Å². The maximum Gasteiger partial charge on any atom is 0.275 e. The van der Waals surface area contributed by atoms with Gasteiger partial charge in [0.2, 0.25) is 15.9 Å². The first-order chi connectivity index (χ1) is 12.7. The lowest BCUT2D eigenvalue weighted by atomic mass is 10.3. The fourth-order valence-electron chi connectivity index (χ4n) is 2.84. The van der Waals surface area contributed by atoms with Crippen molar-refractivity contribution >= 4 is 21.8 Å². The number of amides is 2. The van der Waals surface area contributed by atoms with Crippen LogP contribution < -0.4 is 15.5 Å². The van der Waals surface area contributed by atoms with Crippen molar-refractivity contribution in [1.29, 1.82) is 0 Å². The number of hydrogen-bond acceptors (Lipinski definition) is 4. The fraction of sp³-hybridized carbons (Fsp3) is 0.529. The summed E-state index contributed by atoms with van der Waals surface area (Å²) in [5, 5.41) is 5.25. The van der Waals surface area contributed by atoms with Gasteiger partial charge in [0.1, 0.15) is 5.82 Å². The van der Waals surface area contributed by atoms with Gasteiger partial charge in [0.25, 0.3) is 5.91 Å². The van der Waals surface area contributed by atoms with E-state index in [1.54, 1.807) is 0 Å². The van der Waals surface area contributed by atoms with Crippen molar-refractivity contribution in [2.45, 2.75) is 24.8 Å². The van der Waals surface area contributed by atoms with Crippen molar-refractivity contribution in [3.8, 4) is 0 Å². The van der Waals surface area contributed by atoms with Gasteiger partial charge >= 0.3 is 0 Å². The van der Waals surface area contributed by atoms with E-state index in [2.05, 4.69) is 10.6 Å². The zero-order valence-electron chi connectivity index (χ0n) is 15.5. The van der Waals surface area contributed by atoms with Gasteiger partial charge in [-0.3, -0.25) is 9.59 Å². The quantitative estimate of drug-likeness (QED) is 0.510. The average Bonchev–Trinajstić information content (AvgIpc) is 2.60. The molecular formula is C17H26FN4O4S+. The Morgan fingerprint density at radius 1 is 1.22 bits per heavy atom. The number of rotatable bonds is 7. The molecule has 27 heavy (non-hydrogen) atoms. The standard InChI is InChI=1S/C17H25FN4O4S/c1-13(2)20-16(23)11-19-17(24)12-21-6-8-22(9-7-21)27(25,26)15-5-3-4-14(18)10-15/h3-5,10,13H,6-9,11-12H2,1-2H3,(H,19,24)(H,20,23)/p+1. The van der Waals surface area contributed by atoms with E-state index >= 15 is 0 Å². The Morgan fingerprint density at radius 2 is 1.89 bits per heavy atom. The van der Waals surface area contributed by atoms with Crippen molar-refractivity contribution in [2.75, 3.05) is 39.3 Å². The molecule has 1 heterocycles. The van der Waals surface area contributed by atoms with Gasteiger partial charge in [-0.1, -0.05) is 6.07 Å². The highest BCUT2D eigenvalue weighted by molar-refractivity contribution is 7.89. The van der Waals surface area contributed by atoms with Crippen LogP contribution in [0.25, 0.3) is 0 Å². The molecule has 2 amide bonds. The number of sulfonamides is 1. The van der Waals surface area contributed by atoms with Crippen LogP contribution in [0.1, 0.15) is 13.8 Å². The maximum absolute atomic E-state index is 13.3. The Morgan fingerprint density at radius 3 is 2.48 bits per heavy atom. The molecule has 1 aromatic carbocycles. The molecule has 1 aromatic rings. The summed E-state index contributed by atoms with van der Waals surface area (Å²) in [4.78, 5) is 24.3. The molecule has 1 aliphatic heterocycles. The summed E-state index contributed by atoms with van der Waals surface area (Å²) in [6.45, 7) is 5.17. The van der Waals surface area contributed by atoms with Gasteiger partial charge in [0.15, 0.2) is 6.54 Å². The maximum atomic E-state index is 13.3. The highest BCUT2D eigenvalue weighted by atomic mass is 32.2. The zero-order valence-corrected chi connectivity index (χ0v) is 16.3. The Labute approximate surface area is 158 Å². The highest BCUT2D eigenvalue weighted by Crippen LogP contribution is 2.16. The van der Waals surface area contributed by atoms with Gasteiger partial charge < -0.3 is 15.5 Å². The summed E-state index contributed by atoms with van der Waals surface area (Å²) >= 11 is 0. The van der Waals surface area contributed by atoms with Crippen LogP contribution in [0.5, 0.6) is 0 Å². The first kappa shape index (κ1) is 21.3. The summed E-state index contributed by atoms with van der Waals surface area (Å²) < 4.78 is 39.7. The SMILES string of the molecule is CC(C)NC(=O)CNC(=O)C[NH+]1CCN(S(=O)(=O)c2cccc(F)c2)CC1. The van der Waals surface area contributed by atoms with Gasteiger partial charge in [0, 0.05) is 6.04 Å². The van der Waals surface area contributed by atoms with Crippen molar-refractivity contribution in [2.24, 2.45) is 0 Å². The minimum atomic E-state index is -3.74. The van der Waals surface area contributed by atoms with Crippen molar-refractivity contribution in [3.63, 3.8) is 0 Å². The number of hydrogen-bond donors (Lipinski definition) is 3. The summed E-state index contributed by atoms with van der Waals surface area (Å²) in [6.07, 6.45) is 0. The molecule has 8 nitrogen and oxygen atoms in total. The molecule has 2 rings (SSSR count). The topological polar surface area (TPSA) is 100 Å². The van der Waals surface area contributed by atoms with Crippen LogP contribution in [0.15, 0.2) is 29.2 Å². The van der Waals surface area contributed by atoms with Crippen LogP contribution >= 0.6 is 0 Å². The lowest BCUT2D eigenvalue weighted by Crippen LogP contribution is -3.15. The van der Waals surface area contributed by atoms with Gasteiger partial charge in [0.05, 0.1) is 37.6 Å². The van der Waals surface area contributed by atoms with Crippen LogP contribution in [-0.2, 0) is 19.6 Å². The van der Waals surface area contributed by atoms with Gasteiger partial charge in [-0.25, -0.2) is 12.8 Å². The van der Waals surface area contributed by atoms with Crippen LogP contribution in [0.4, 0.5) is 4.39 Å². The van der Waals surface area contributed by atoms with Crippen LogP contribution in [0.2, 0.25) is 0 Å². The Hall–Kier alpha value is -2.04. The third-order valence-corrected chi connectivity index (χ3v) is 6.06. The number of carbonyl (C=O) groups is 2. The van der Waals surface area contributed by atoms with E-state index in [0.717, 1.165) is 11.0 Å². The Kier molecular flexibility index (Phi) is 7.28. The molecule has 1 aliphatic rings. The molecule has 0 spiro atoms. The fourth-order valence-corrected chi connectivity index (χ4v) is 4.31. The molecule has 10 heteroatoms. The van der Waals surface area contributed by atoms with E-state index in [1.165, 1.54) is 22.5 Å². The summed E-state index contributed by atoms with van der Waals surface area (Å²) in [6, 6.07) is 4.94. The second kappa shape index (κ2) is 9.25. The predicted molar refractivity (Wildman–Crippen MR) is 97.0 cm³/mol. The third kappa shape index (κ3) is 6.26. The normalized spacial score (nSPS) is 16.3. The van der Waals surface area contributed by atoms with E-state index < -0.39 is 15.8 Å². The predicted octanol–water partition coefficient (Wildman–Crippen LogP) is -1.64. The third-order valence-electron chi connectivity index (χ3n) is 4.17. The molecule has 0 saturated carbocycles. The van der Waals surface area contributed by atoms with E-state index in [4.69, 9.17) is 0 Å². The van der Waals surface area contributed by atoms with Crippen LogP contribution in [-0.4, -0.2) is 69.8 Å². The number of nitrogens with zero attached hydrogens (tertiary/aromatic N) is 1. The second-order valence-corrected chi connectivity index (χ2v) is 8.73. The van der Waals surface area contributed by atoms with Gasteiger partial charge in [-0.2, -0.15) is 4.31 Å². The summed E-state index contributed by atoms with van der Waals surface area (Å²) in [5.74, 6) is -1.11. The molecule has 3 N–H and O–H groups in total. The minimum Gasteiger partial charge on any atom is -0.352 e. The van der Waals surface area contributed by atoms with Crippen LogP contribution in [0.3, 0.4) is 0 Å². The molecule has 1 saturated heterocycles. The Balaban J connectivity index is 1.81. The molecule has 0 aliphatic carbocycles. The summed E-state index contributed by atoms with van der Waals surface area (Å²) in [7, 11) is -3.74. The average molecular weight is 401 g/mol. The van der Waals surface area contributed by atoms with Crippen molar-refractivity contribution in [1.82, 2.24) is 14.9 Å². The van der Waals surface area contributed by atoms with E-state index in [0.29, 0.717) is 13.1 Å². The minimum absolute atomic E-state index is 0.00754. The number of piperazine rings is 1. The Bertz CT molecular complexity index is 777. The molecular weight excluding hydrogens is 375 g/mol. The first-order valence-electron chi connectivity index (χ1n) is 8.84. The smallest absolute Gasteiger partial charge is 0.275 e. The van der Waals surface area contributed by atoms with Crippen molar-refractivity contribution < 1.29 is 27.3 Å². The van der Waals surface area contributed by atoms with Crippen LogP contribution in [0, 0.1) is 5.82 Å². The monoisotopic (exact) mass is 401 g/mol. The first-order valence-corrected chi connectivity index (χ1v) is 10.3. The molecule has 0 bridgehead atoms. The highest BCUT2D eigenvalue weighted by Gasteiger charge is 2.31. The molecule has 150 valence electrons. The number of carbonyl (C=O) groups excluding carboxylic acids is 2. The van der Waals surface area contributed by atoms with Gasteiger partial charge in [-0.05, 0) is 32.0 Å². The second-order valence-electron chi connectivity index (χ2n) is 6.79. The lowest BCUT2D eigenvalue weighted by molar-refractivity contribution is -0.895. The lowest BCUT2D eigenvalue weighted by Gasteiger charge is -2.31. The van der Waals surface area contributed by atoms with Gasteiger partial charge in [-0.15, -0.1) is 0 Å². The van der Waals surface area contributed by atoms with E-state index in [-0.39, 0.29) is 48.9 Å².